The summed E-state index contributed by atoms with van der Waals surface area (Å²) in [6.07, 6.45) is 28.8. The van der Waals surface area contributed by atoms with Crippen LogP contribution < -0.4 is 0 Å². The predicted octanol–water partition coefficient (Wildman–Crippen LogP) is 11.4. The Balaban J connectivity index is 0. The third-order valence-electron chi connectivity index (χ3n) is 6.35. The molecule has 0 spiro atoms. The number of hydrogen-bond donors (Lipinski definition) is 0. The maximum absolute atomic E-state index is 11.2. The molecule has 0 aliphatic carbocycles. The summed E-state index contributed by atoms with van der Waals surface area (Å²) in [4.78, 5) is 11.8. The van der Waals surface area contributed by atoms with Crippen LogP contribution in [0.2, 0.25) is 0 Å². The van der Waals surface area contributed by atoms with Crippen molar-refractivity contribution in [2.75, 3.05) is 25.1 Å². The molecule has 2 nitrogen and oxygen atoms in total. The molecular weight excluding hydrogens is 515 g/mol. The number of carbonyl (C=O) groups is 1. The molecule has 0 radical (unpaired) electrons. The Morgan fingerprint density at radius 1 is 0.686 bits per heavy atom. The van der Waals surface area contributed by atoms with E-state index < -0.39 is 0 Å². The smallest absolute Gasteiger partial charge is 0.333 e. The van der Waals surface area contributed by atoms with Gasteiger partial charge in [-0.2, -0.15) is 0 Å². The van der Waals surface area contributed by atoms with Gasteiger partial charge in [-0.3, -0.25) is 0 Å². The molecule has 0 heterocycles. The van der Waals surface area contributed by atoms with Crippen LogP contribution in [-0.2, 0) is 9.53 Å². The fourth-order valence-corrected chi connectivity index (χ4v) is 7.50. The summed E-state index contributed by atoms with van der Waals surface area (Å²) in [5, 5.41) is 0. The SMILES string of the molecule is C=C(C)C(=O)OCCCC(Br)CCCCCCCCCCC.CCCCP(CCCC)CCCC. The molecule has 0 rings (SSSR count). The van der Waals surface area contributed by atoms with Gasteiger partial charge in [0.05, 0.1) is 6.61 Å². The Labute approximate surface area is 231 Å². The van der Waals surface area contributed by atoms with E-state index in [2.05, 4.69) is 50.2 Å². The minimum absolute atomic E-state index is 0.273. The zero-order valence-corrected chi connectivity index (χ0v) is 27.0. The van der Waals surface area contributed by atoms with E-state index in [1.165, 1.54) is 103 Å². The maximum Gasteiger partial charge on any atom is 0.333 e. The molecule has 0 saturated heterocycles. The summed E-state index contributed by atoms with van der Waals surface area (Å²) < 4.78 is 5.09. The van der Waals surface area contributed by atoms with Gasteiger partial charge in [0.2, 0.25) is 0 Å². The van der Waals surface area contributed by atoms with E-state index in [-0.39, 0.29) is 5.97 Å². The third kappa shape index (κ3) is 30.2. The molecule has 0 aliphatic rings. The fourth-order valence-electron chi connectivity index (χ4n) is 3.89. The Morgan fingerprint density at radius 3 is 1.51 bits per heavy atom. The standard InChI is InChI=1S/C19H35BrO2.C12H27P/c1-4-5-6-7-8-9-10-11-12-14-18(20)15-13-16-22-19(21)17(2)3;1-4-7-10-13(11-8-5-2)12-9-6-3/h18H,2,4-16H2,1,3H3;4-12H2,1-3H3. The minimum Gasteiger partial charge on any atom is -0.462 e. The summed E-state index contributed by atoms with van der Waals surface area (Å²) in [5.74, 6) is -0.273. The number of carbonyl (C=O) groups excluding carboxylic acids is 1. The lowest BCUT2D eigenvalue weighted by Crippen LogP contribution is -2.08. The maximum atomic E-state index is 11.2. The van der Waals surface area contributed by atoms with Crippen molar-refractivity contribution in [3.8, 4) is 0 Å². The van der Waals surface area contributed by atoms with Crippen molar-refractivity contribution in [1.82, 2.24) is 0 Å². The molecule has 4 heteroatoms. The lowest BCUT2D eigenvalue weighted by molar-refractivity contribution is -0.139. The minimum atomic E-state index is -0.273. The molecule has 0 aromatic heterocycles. The molecule has 0 aromatic rings. The van der Waals surface area contributed by atoms with E-state index >= 15 is 0 Å². The molecule has 0 saturated carbocycles. The van der Waals surface area contributed by atoms with Crippen LogP contribution in [0.1, 0.15) is 150 Å². The number of ether oxygens (including phenoxy) is 1. The molecule has 0 N–H and O–H groups in total. The van der Waals surface area contributed by atoms with Crippen LogP contribution in [0.5, 0.6) is 0 Å². The number of esters is 1. The largest absolute Gasteiger partial charge is 0.462 e. The number of alkyl halides is 1. The molecule has 0 aromatic carbocycles. The first kappa shape index (κ1) is 37.3. The zero-order valence-electron chi connectivity index (χ0n) is 24.5. The first-order valence-electron chi connectivity index (χ1n) is 15.1. The van der Waals surface area contributed by atoms with Crippen molar-refractivity contribution in [1.29, 1.82) is 0 Å². The normalized spacial score (nSPS) is 11.7. The Bertz CT molecular complexity index is 436. The van der Waals surface area contributed by atoms with E-state index in [9.17, 15) is 4.79 Å². The first-order chi connectivity index (χ1) is 16.9. The summed E-state index contributed by atoms with van der Waals surface area (Å²) in [6.45, 7) is 15.0. The second-order valence-corrected chi connectivity index (χ2v) is 14.2. The molecule has 0 aliphatic heterocycles. The van der Waals surface area contributed by atoms with Crippen molar-refractivity contribution < 1.29 is 9.53 Å². The van der Waals surface area contributed by atoms with Crippen LogP contribution in [0.4, 0.5) is 0 Å². The van der Waals surface area contributed by atoms with Gasteiger partial charge in [0.1, 0.15) is 0 Å². The highest BCUT2D eigenvalue weighted by molar-refractivity contribution is 9.09. The highest BCUT2D eigenvalue weighted by atomic mass is 79.9. The number of unbranched alkanes of at least 4 members (excludes halogenated alkanes) is 11. The molecule has 1 atom stereocenters. The molecule has 0 fully saturated rings. The van der Waals surface area contributed by atoms with Gasteiger partial charge in [0.15, 0.2) is 0 Å². The summed E-state index contributed by atoms with van der Waals surface area (Å²) in [5.41, 5.74) is 0.477. The van der Waals surface area contributed by atoms with Gasteiger partial charge in [0.25, 0.3) is 0 Å². The monoisotopic (exact) mass is 576 g/mol. The van der Waals surface area contributed by atoms with E-state index in [0.29, 0.717) is 24.9 Å². The molecule has 0 amide bonds. The topological polar surface area (TPSA) is 26.3 Å². The fraction of sp³-hybridized carbons (Fsp3) is 0.903. The van der Waals surface area contributed by atoms with Crippen LogP contribution >= 0.6 is 23.9 Å². The number of halogens is 1. The van der Waals surface area contributed by atoms with E-state index in [1.807, 2.05) is 0 Å². The van der Waals surface area contributed by atoms with Crippen LogP contribution in [0.3, 0.4) is 0 Å². The van der Waals surface area contributed by atoms with Crippen LogP contribution in [0.15, 0.2) is 12.2 Å². The van der Waals surface area contributed by atoms with E-state index in [1.54, 1.807) is 25.4 Å². The van der Waals surface area contributed by atoms with Crippen LogP contribution in [-0.4, -0.2) is 35.9 Å². The molecule has 0 bridgehead atoms. The van der Waals surface area contributed by atoms with Crippen molar-refractivity contribution in [3.63, 3.8) is 0 Å². The Morgan fingerprint density at radius 2 is 1.09 bits per heavy atom. The predicted molar refractivity (Wildman–Crippen MR) is 166 cm³/mol. The summed E-state index contributed by atoms with van der Waals surface area (Å²) in [6, 6.07) is 0. The van der Waals surface area contributed by atoms with E-state index in [0.717, 1.165) is 12.8 Å². The quantitative estimate of drug-likeness (QED) is 0.0375. The molecule has 1 unspecified atom stereocenters. The van der Waals surface area contributed by atoms with Crippen molar-refractivity contribution in [2.24, 2.45) is 0 Å². The molecule has 210 valence electrons. The van der Waals surface area contributed by atoms with Crippen LogP contribution in [0.25, 0.3) is 0 Å². The second-order valence-electron chi connectivity index (χ2n) is 10.2. The van der Waals surface area contributed by atoms with Crippen molar-refractivity contribution in [2.45, 2.75) is 155 Å². The van der Waals surface area contributed by atoms with E-state index in [4.69, 9.17) is 4.74 Å². The van der Waals surface area contributed by atoms with Crippen molar-refractivity contribution >= 4 is 29.8 Å². The Kier molecular flexibility index (Phi) is 32.3. The van der Waals surface area contributed by atoms with Gasteiger partial charge in [-0.1, -0.05) is 127 Å². The lowest BCUT2D eigenvalue weighted by atomic mass is 10.0. The van der Waals surface area contributed by atoms with Gasteiger partial charge in [-0.15, -0.1) is 7.92 Å². The average Bonchev–Trinajstić information content (AvgIpc) is 2.85. The number of hydrogen-bond acceptors (Lipinski definition) is 2. The van der Waals surface area contributed by atoms with Crippen molar-refractivity contribution in [3.05, 3.63) is 12.2 Å². The average molecular weight is 578 g/mol. The lowest BCUT2D eigenvalue weighted by Gasteiger charge is -2.16. The summed E-state index contributed by atoms with van der Waals surface area (Å²) in [7, 11) is 0.422. The van der Waals surface area contributed by atoms with Gasteiger partial charge < -0.3 is 4.74 Å². The van der Waals surface area contributed by atoms with Gasteiger partial charge in [0, 0.05) is 10.4 Å². The molecule has 35 heavy (non-hydrogen) atoms. The molecular formula is C31H62BrO2P. The van der Waals surface area contributed by atoms with Crippen LogP contribution in [0, 0.1) is 0 Å². The highest BCUT2D eigenvalue weighted by Crippen LogP contribution is 2.38. The summed E-state index contributed by atoms with van der Waals surface area (Å²) >= 11 is 3.73. The number of rotatable bonds is 24. The zero-order chi connectivity index (χ0) is 26.6. The van der Waals surface area contributed by atoms with Gasteiger partial charge in [-0.05, 0) is 63.9 Å². The first-order valence-corrected chi connectivity index (χ1v) is 17.9. The second kappa shape index (κ2) is 30.3. The van der Waals surface area contributed by atoms with Gasteiger partial charge in [-0.25, -0.2) is 4.79 Å². The Hall–Kier alpha value is 0.120. The van der Waals surface area contributed by atoms with Gasteiger partial charge >= 0.3 is 5.97 Å². The third-order valence-corrected chi connectivity index (χ3v) is 10.1. The highest BCUT2D eigenvalue weighted by Gasteiger charge is 2.07.